The third kappa shape index (κ3) is 4.65. The molecule has 4 nitrogen and oxygen atoms in total. The van der Waals surface area contributed by atoms with Crippen LogP contribution in [0.2, 0.25) is 0 Å². The molecular formula is C14H19ClO4S. The van der Waals surface area contributed by atoms with Crippen molar-refractivity contribution in [1.82, 2.24) is 0 Å². The van der Waals surface area contributed by atoms with Crippen molar-refractivity contribution in [3.05, 3.63) is 29.8 Å². The molecule has 0 N–H and O–H groups in total. The van der Waals surface area contributed by atoms with E-state index < -0.39 is 14.5 Å². The Morgan fingerprint density at radius 2 is 2.05 bits per heavy atom. The lowest BCUT2D eigenvalue weighted by Gasteiger charge is -2.35. The summed E-state index contributed by atoms with van der Waals surface area (Å²) in [6.45, 7) is 3.42. The van der Waals surface area contributed by atoms with Crippen LogP contribution in [0.25, 0.3) is 0 Å². The van der Waals surface area contributed by atoms with Crippen LogP contribution < -0.4 is 4.74 Å². The molecule has 1 aromatic carbocycles. The molecule has 0 bridgehead atoms. The van der Waals surface area contributed by atoms with E-state index in [9.17, 15) is 8.42 Å². The largest absolute Gasteiger partial charge is 0.493 e. The Labute approximate surface area is 124 Å². The van der Waals surface area contributed by atoms with E-state index in [1.165, 1.54) is 0 Å². The second kappa shape index (κ2) is 6.33. The summed E-state index contributed by atoms with van der Waals surface area (Å²) in [6.07, 6.45) is 1.29. The summed E-state index contributed by atoms with van der Waals surface area (Å²) in [6, 6.07) is 7.71. The van der Waals surface area contributed by atoms with Crippen LogP contribution in [0.15, 0.2) is 24.3 Å². The zero-order valence-electron chi connectivity index (χ0n) is 11.5. The van der Waals surface area contributed by atoms with Gasteiger partial charge in [0.05, 0.1) is 12.4 Å². The van der Waals surface area contributed by atoms with Crippen LogP contribution in [-0.4, -0.2) is 34.0 Å². The average molecular weight is 319 g/mol. The van der Waals surface area contributed by atoms with Gasteiger partial charge in [0, 0.05) is 29.3 Å². The average Bonchev–Trinajstić information content (AvgIpc) is 2.36. The lowest BCUT2D eigenvalue weighted by molar-refractivity contribution is 0.00227. The molecule has 20 heavy (non-hydrogen) atoms. The van der Waals surface area contributed by atoms with E-state index in [4.69, 9.17) is 20.2 Å². The molecule has 1 fully saturated rings. The molecule has 1 aromatic rings. The van der Waals surface area contributed by atoms with Gasteiger partial charge in [0.2, 0.25) is 9.05 Å². The SMILES string of the molecule is Cc1cccc(OCC2(CS(=O)(=O)Cl)CCOCC2)c1. The summed E-state index contributed by atoms with van der Waals surface area (Å²) in [4.78, 5) is 0. The zero-order chi connectivity index (χ0) is 14.6. The van der Waals surface area contributed by atoms with Crippen molar-refractivity contribution < 1.29 is 17.9 Å². The predicted molar refractivity (Wildman–Crippen MR) is 78.8 cm³/mol. The van der Waals surface area contributed by atoms with Crippen molar-refractivity contribution in [2.24, 2.45) is 5.41 Å². The number of aryl methyl sites for hydroxylation is 1. The van der Waals surface area contributed by atoms with Crippen molar-refractivity contribution in [2.45, 2.75) is 19.8 Å². The van der Waals surface area contributed by atoms with Gasteiger partial charge in [-0.25, -0.2) is 8.42 Å². The van der Waals surface area contributed by atoms with Gasteiger partial charge >= 0.3 is 0 Å². The maximum Gasteiger partial charge on any atom is 0.233 e. The minimum atomic E-state index is -3.56. The highest BCUT2D eigenvalue weighted by molar-refractivity contribution is 8.13. The van der Waals surface area contributed by atoms with Gasteiger partial charge < -0.3 is 9.47 Å². The fourth-order valence-corrected chi connectivity index (χ4v) is 4.24. The summed E-state index contributed by atoms with van der Waals surface area (Å²) in [5.41, 5.74) is 0.649. The van der Waals surface area contributed by atoms with Crippen LogP contribution in [0.4, 0.5) is 0 Å². The van der Waals surface area contributed by atoms with Crippen molar-refractivity contribution in [2.75, 3.05) is 25.6 Å². The molecule has 1 heterocycles. The monoisotopic (exact) mass is 318 g/mol. The summed E-state index contributed by atoms with van der Waals surface area (Å²) in [5, 5.41) is 0. The molecule has 1 aliphatic heterocycles. The number of rotatable bonds is 5. The van der Waals surface area contributed by atoms with Gasteiger partial charge in [-0.15, -0.1) is 0 Å². The molecule has 0 radical (unpaired) electrons. The predicted octanol–water partition coefficient (Wildman–Crippen LogP) is 2.74. The van der Waals surface area contributed by atoms with E-state index >= 15 is 0 Å². The molecule has 1 saturated heterocycles. The lowest BCUT2D eigenvalue weighted by Crippen LogP contribution is -2.40. The van der Waals surface area contributed by atoms with Crippen LogP contribution in [0, 0.1) is 12.3 Å². The lowest BCUT2D eigenvalue weighted by atomic mass is 9.83. The highest BCUT2D eigenvalue weighted by Gasteiger charge is 2.37. The Morgan fingerprint density at radius 3 is 2.65 bits per heavy atom. The fourth-order valence-electron chi connectivity index (χ4n) is 2.44. The number of hydrogen-bond acceptors (Lipinski definition) is 4. The zero-order valence-corrected chi connectivity index (χ0v) is 13.0. The van der Waals surface area contributed by atoms with Crippen molar-refractivity contribution in [3.8, 4) is 5.75 Å². The number of ether oxygens (including phenoxy) is 2. The van der Waals surface area contributed by atoms with E-state index in [2.05, 4.69) is 0 Å². The van der Waals surface area contributed by atoms with Gasteiger partial charge in [-0.3, -0.25) is 0 Å². The fraction of sp³-hybridized carbons (Fsp3) is 0.571. The first-order valence-corrected chi connectivity index (χ1v) is 9.06. The Bertz CT molecular complexity index is 550. The van der Waals surface area contributed by atoms with Crippen LogP contribution in [0.3, 0.4) is 0 Å². The second-order valence-corrected chi connectivity index (χ2v) is 8.18. The molecule has 6 heteroatoms. The molecule has 0 spiro atoms. The molecule has 0 aliphatic carbocycles. The highest BCUT2D eigenvalue weighted by Crippen LogP contribution is 2.34. The van der Waals surface area contributed by atoms with Crippen molar-refractivity contribution >= 4 is 19.7 Å². The first-order valence-electron chi connectivity index (χ1n) is 6.58. The second-order valence-electron chi connectivity index (χ2n) is 5.40. The van der Waals surface area contributed by atoms with Gasteiger partial charge in [-0.1, -0.05) is 12.1 Å². The van der Waals surface area contributed by atoms with Crippen molar-refractivity contribution in [1.29, 1.82) is 0 Å². The van der Waals surface area contributed by atoms with Crippen LogP contribution in [0.1, 0.15) is 18.4 Å². The van der Waals surface area contributed by atoms with Crippen LogP contribution in [0.5, 0.6) is 5.75 Å². The van der Waals surface area contributed by atoms with Crippen LogP contribution >= 0.6 is 10.7 Å². The Morgan fingerprint density at radius 1 is 1.35 bits per heavy atom. The molecule has 0 saturated carbocycles. The molecule has 0 unspecified atom stereocenters. The highest BCUT2D eigenvalue weighted by atomic mass is 35.7. The third-order valence-corrected chi connectivity index (χ3v) is 4.85. The maximum absolute atomic E-state index is 11.4. The summed E-state index contributed by atoms with van der Waals surface area (Å²) < 4.78 is 34.0. The minimum Gasteiger partial charge on any atom is -0.493 e. The first kappa shape index (κ1) is 15.6. The molecule has 1 aliphatic rings. The van der Waals surface area contributed by atoms with E-state index in [1.54, 1.807) is 0 Å². The topological polar surface area (TPSA) is 52.6 Å². The molecular weight excluding hydrogens is 300 g/mol. The quantitative estimate of drug-likeness (QED) is 0.783. The number of halogens is 1. The molecule has 0 amide bonds. The summed E-state index contributed by atoms with van der Waals surface area (Å²) in [7, 11) is 1.88. The Kier molecular flexibility index (Phi) is 4.94. The Hall–Kier alpha value is -0.780. The van der Waals surface area contributed by atoms with E-state index in [1.807, 2.05) is 31.2 Å². The number of hydrogen-bond donors (Lipinski definition) is 0. The molecule has 0 aromatic heterocycles. The Balaban J connectivity index is 2.08. The van der Waals surface area contributed by atoms with Crippen LogP contribution in [-0.2, 0) is 13.8 Å². The summed E-state index contributed by atoms with van der Waals surface area (Å²) in [5.74, 6) is 0.680. The van der Waals surface area contributed by atoms with Gasteiger partial charge in [0.15, 0.2) is 0 Å². The normalized spacial score (nSPS) is 18.7. The number of benzene rings is 1. The molecule has 112 valence electrons. The first-order chi connectivity index (χ1) is 9.39. The molecule has 2 rings (SSSR count). The third-order valence-electron chi connectivity index (χ3n) is 3.57. The van der Waals surface area contributed by atoms with E-state index in [0.717, 1.165) is 11.3 Å². The molecule has 0 atom stereocenters. The van der Waals surface area contributed by atoms with Crippen molar-refractivity contribution in [3.63, 3.8) is 0 Å². The van der Waals surface area contributed by atoms with Gasteiger partial charge in [0.25, 0.3) is 0 Å². The van der Waals surface area contributed by atoms with Gasteiger partial charge in [0.1, 0.15) is 5.75 Å². The van der Waals surface area contributed by atoms with E-state index in [0.29, 0.717) is 32.7 Å². The standard InChI is InChI=1S/C14H19ClO4S/c1-12-3-2-4-13(9-12)19-10-14(11-20(15,16)17)5-7-18-8-6-14/h2-4,9H,5-8,10-11H2,1H3. The van der Waals surface area contributed by atoms with E-state index in [-0.39, 0.29) is 5.75 Å². The van der Waals surface area contributed by atoms with Gasteiger partial charge in [-0.05, 0) is 37.5 Å². The minimum absolute atomic E-state index is 0.0727. The van der Waals surface area contributed by atoms with Gasteiger partial charge in [-0.2, -0.15) is 0 Å². The smallest absolute Gasteiger partial charge is 0.233 e. The summed E-state index contributed by atoms with van der Waals surface area (Å²) >= 11 is 0. The maximum atomic E-state index is 11.4.